The molecule has 2 atom stereocenters. The minimum absolute atomic E-state index is 0.143. The van der Waals surface area contributed by atoms with Crippen LogP contribution in [0.3, 0.4) is 0 Å². The van der Waals surface area contributed by atoms with Gasteiger partial charge >= 0.3 is 0 Å². The number of amides is 4. The minimum Gasteiger partial charge on any atom is -0.496 e. The molecule has 0 bridgehead atoms. The number of methoxy groups -OCH3 is 2. The van der Waals surface area contributed by atoms with Crippen LogP contribution in [-0.4, -0.2) is 82.8 Å². The number of halogens is 2. The van der Waals surface area contributed by atoms with Crippen molar-refractivity contribution in [3.63, 3.8) is 0 Å². The number of anilines is 2. The molecule has 57 heavy (non-hydrogen) atoms. The number of rotatable bonds is 9. The molecule has 2 unspecified atom stereocenters. The molecule has 6 aromatic rings. The Kier molecular flexibility index (Phi) is 10.4. The van der Waals surface area contributed by atoms with Crippen molar-refractivity contribution in [3.8, 4) is 22.8 Å². The molecule has 0 radical (unpaired) electrons. The fourth-order valence-electron chi connectivity index (χ4n) is 7.66. The zero-order chi connectivity index (χ0) is 39.8. The highest BCUT2D eigenvalue weighted by Crippen LogP contribution is 2.34. The monoisotopic (exact) mass is 806 g/mol. The number of likely N-dealkylation sites (tertiary alicyclic amines) is 2. The van der Waals surface area contributed by atoms with E-state index >= 15 is 0 Å². The van der Waals surface area contributed by atoms with Crippen molar-refractivity contribution in [2.75, 3.05) is 37.9 Å². The van der Waals surface area contributed by atoms with Crippen LogP contribution in [0.15, 0.2) is 89.3 Å². The molecule has 3 aromatic heterocycles. The first-order chi connectivity index (χ1) is 27.6. The molecular formula is C42H36Cl2N6O7. The number of furan rings is 1. The molecule has 0 spiro atoms. The third-order valence-corrected chi connectivity index (χ3v) is 10.8. The molecule has 2 N–H and O–H groups in total. The fraction of sp³-hybridized carbons (Fsp3) is 0.238. The van der Waals surface area contributed by atoms with Gasteiger partial charge in [0.2, 0.25) is 11.8 Å². The first-order valence-corrected chi connectivity index (χ1v) is 19.1. The molecule has 2 aliphatic rings. The topological polar surface area (TPSA) is 156 Å². The van der Waals surface area contributed by atoms with Crippen molar-refractivity contribution in [3.05, 3.63) is 107 Å². The van der Waals surface area contributed by atoms with Crippen molar-refractivity contribution in [2.24, 2.45) is 0 Å². The normalized spacial score (nSPS) is 16.6. The lowest BCUT2D eigenvalue weighted by molar-refractivity contribution is -0.120. The number of fused-ring (bicyclic) bond motifs is 2. The number of nitrogens with zero attached hydrogens (tertiary/aromatic N) is 4. The van der Waals surface area contributed by atoms with Gasteiger partial charge in [0.1, 0.15) is 51.0 Å². The van der Waals surface area contributed by atoms with Crippen molar-refractivity contribution in [2.45, 2.75) is 37.8 Å². The molecule has 15 heteroatoms. The Morgan fingerprint density at radius 2 is 1.18 bits per heavy atom. The minimum atomic E-state index is -0.744. The average Bonchev–Trinajstić information content (AvgIpc) is 4.02. The predicted octanol–water partition coefficient (Wildman–Crippen LogP) is 7.85. The lowest BCUT2D eigenvalue weighted by Crippen LogP contribution is -2.43. The number of nitrogens with one attached hydrogen (secondary N) is 2. The summed E-state index contributed by atoms with van der Waals surface area (Å²) in [6, 6.07) is 22.9. The Balaban J connectivity index is 0.917. The van der Waals surface area contributed by atoms with Crippen LogP contribution < -0.4 is 20.1 Å². The van der Waals surface area contributed by atoms with Gasteiger partial charge in [-0.25, -0.2) is 9.97 Å². The highest BCUT2D eigenvalue weighted by molar-refractivity contribution is 6.31. The van der Waals surface area contributed by atoms with Gasteiger partial charge in [0.05, 0.1) is 14.2 Å². The fourth-order valence-corrected chi connectivity index (χ4v) is 8.05. The summed E-state index contributed by atoms with van der Waals surface area (Å²) in [5, 5.41) is 8.52. The lowest BCUT2D eigenvalue weighted by Gasteiger charge is -2.24. The summed E-state index contributed by atoms with van der Waals surface area (Å²) in [4.78, 5) is 66.4. The third-order valence-electron chi connectivity index (χ3n) is 10.4. The van der Waals surface area contributed by atoms with Crippen LogP contribution in [0.2, 0.25) is 10.3 Å². The molecule has 290 valence electrons. The van der Waals surface area contributed by atoms with Crippen LogP contribution in [-0.2, 0) is 9.59 Å². The number of ether oxygens (including phenoxy) is 2. The van der Waals surface area contributed by atoms with Gasteiger partial charge in [-0.05, 0) is 80.3 Å². The quantitative estimate of drug-likeness (QED) is 0.139. The molecular weight excluding hydrogens is 771 g/mol. The molecule has 3 aromatic carbocycles. The summed E-state index contributed by atoms with van der Waals surface area (Å²) in [6.07, 6.45) is 2.26. The SMILES string of the molecule is COc1cccc2c(C(=O)N3CCCC3C(=O)Nc3ccc(-c4ccc(NC(=O)C5CCCN5C(=O)c5nc(Cl)cc6c(OC)cccc56)o4)cc3)nc(Cl)cc12. The Bertz CT molecular complexity index is 2560. The molecule has 2 saturated heterocycles. The Labute approximate surface area is 336 Å². The summed E-state index contributed by atoms with van der Waals surface area (Å²) >= 11 is 12.6. The lowest BCUT2D eigenvalue weighted by atomic mass is 10.1. The second kappa shape index (κ2) is 15.8. The van der Waals surface area contributed by atoms with Gasteiger partial charge in [0.15, 0.2) is 5.88 Å². The van der Waals surface area contributed by atoms with E-state index in [2.05, 4.69) is 20.6 Å². The first kappa shape index (κ1) is 37.7. The van der Waals surface area contributed by atoms with Crippen molar-refractivity contribution < 1.29 is 33.1 Å². The molecule has 5 heterocycles. The number of hydrogen-bond acceptors (Lipinski definition) is 9. The average molecular weight is 808 g/mol. The molecule has 2 fully saturated rings. The largest absolute Gasteiger partial charge is 0.496 e. The van der Waals surface area contributed by atoms with Gasteiger partial charge in [-0.3, -0.25) is 24.5 Å². The standard InChI is InChI=1S/C42H36Cl2N6O7/c1-55-32-11-3-7-25-27(32)21-34(43)46-37(25)41(53)49-19-5-9-29(49)39(51)45-24-15-13-23(14-16-24)31-17-18-36(57-31)48-40(52)30-10-6-20-50(30)42(54)38-26-8-4-12-33(56-2)28(26)22-35(44)47-38/h3-4,7-8,11-18,21-22,29-30H,5-6,9-10,19-20H2,1-2H3,(H,45,51)(H,48,52). The van der Waals surface area contributed by atoms with Crippen molar-refractivity contribution in [1.82, 2.24) is 19.8 Å². The number of pyridine rings is 2. The zero-order valence-corrected chi connectivity index (χ0v) is 32.4. The van der Waals surface area contributed by atoms with Crippen LogP contribution in [0, 0.1) is 0 Å². The van der Waals surface area contributed by atoms with E-state index in [-0.39, 0.29) is 45.3 Å². The Hall–Kier alpha value is -6.18. The van der Waals surface area contributed by atoms with Crippen LogP contribution >= 0.6 is 23.2 Å². The maximum Gasteiger partial charge on any atom is 0.273 e. The third kappa shape index (κ3) is 7.31. The summed E-state index contributed by atoms with van der Waals surface area (Å²) < 4.78 is 16.9. The second-order valence-corrected chi connectivity index (χ2v) is 14.5. The summed E-state index contributed by atoms with van der Waals surface area (Å²) in [7, 11) is 3.08. The van der Waals surface area contributed by atoms with E-state index < -0.39 is 18.0 Å². The van der Waals surface area contributed by atoms with E-state index in [1.54, 1.807) is 99.1 Å². The van der Waals surface area contributed by atoms with Crippen LogP contribution in [0.25, 0.3) is 32.9 Å². The van der Waals surface area contributed by atoms with Crippen LogP contribution in [0.1, 0.15) is 46.7 Å². The van der Waals surface area contributed by atoms with Gasteiger partial charge < -0.3 is 29.0 Å². The summed E-state index contributed by atoms with van der Waals surface area (Å²) in [6.45, 7) is 0.776. The zero-order valence-electron chi connectivity index (χ0n) is 30.9. The molecule has 4 amide bonds. The maximum absolute atomic E-state index is 13.8. The van der Waals surface area contributed by atoms with Gasteiger partial charge in [-0.15, -0.1) is 0 Å². The van der Waals surface area contributed by atoms with E-state index in [9.17, 15) is 19.2 Å². The van der Waals surface area contributed by atoms with Crippen LogP contribution in [0.4, 0.5) is 11.6 Å². The second-order valence-electron chi connectivity index (χ2n) is 13.7. The smallest absolute Gasteiger partial charge is 0.273 e. The van der Waals surface area contributed by atoms with Crippen molar-refractivity contribution in [1.29, 1.82) is 0 Å². The molecule has 0 aliphatic carbocycles. The number of carbonyl (C=O) groups excluding carboxylic acids is 4. The van der Waals surface area contributed by atoms with Gasteiger partial charge in [-0.1, -0.05) is 47.5 Å². The van der Waals surface area contributed by atoms with Gasteiger partial charge in [0, 0.05) is 52.0 Å². The maximum atomic E-state index is 13.8. The molecule has 2 aliphatic heterocycles. The summed E-state index contributed by atoms with van der Waals surface area (Å²) in [5.41, 5.74) is 1.54. The Morgan fingerprint density at radius 1 is 0.667 bits per heavy atom. The first-order valence-electron chi connectivity index (χ1n) is 18.3. The van der Waals surface area contributed by atoms with Gasteiger partial charge in [-0.2, -0.15) is 0 Å². The molecule has 13 nitrogen and oxygen atoms in total. The number of hydrogen-bond donors (Lipinski definition) is 2. The van der Waals surface area contributed by atoms with Crippen molar-refractivity contribution >= 4 is 79.9 Å². The van der Waals surface area contributed by atoms with E-state index in [0.29, 0.717) is 88.8 Å². The van der Waals surface area contributed by atoms with Crippen LogP contribution in [0.5, 0.6) is 11.5 Å². The molecule has 0 saturated carbocycles. The van der Waals surface area contributed by atoms with E-state index in [1.807, 2.05) is 0 Å². The Morgan fingerprint density at radius 3 is 1.68 bits per heavy atom. The number of aromatic nitrogens is 2. The number of carbonyl (C=O) groups is 4. The van der Waals surface area contributed by atoms with Gasteiger partial charge in [0.25, 0.3) is 11.8 Å². The highest BCUT2D eigenvalue weighted by atomic mass is 35.5. The predicted molar refractivity (Wildman–Crippen MR) is 216 cm³/mol. The van der Waals surface area contributed by atoms with E-state index in [0.717, 1.165) is 0 Å². The summed E-state index contributed by atoms with van der Waals surface area (Å²) in [5.74, 6) is 0.327. The van der Waals surface area contributed by atoms with E-state index in [1.165, 1.54) is 9.80 Å². The highest BCUT2D eigenvalue weighted by Gasteiger charge is 2.37. The van der Waals surface area contributed by atoms with E-state index in [4.69, 9.17) is 37.1 Å². The number of benzene rings is 3. The molecule has 8 rings (SSSR count).